The Morgan fingerprint density at radius 2 is 1.56 bits per heavy atom. The summed E-state index contributed by atoms with van der Waals surface area (Å²) in [7, 11) is 0. The average Bonchev–Trinajstić information content (AvgIpc) is 2.65. The molecule has 0 unspecified atom stereocenters. The van der Waals surface area contributed by atoms with Gasteiger partial charge in [0.1, 0.15) is 5.82 Å². The summed E-state index contributed by atoms with van der Waals surface area (Å²) in [5, 5.41) is 11.7. The van der Waals surface area contributed by atoms with Crippen molar-refractivity contribution in [1.82, 2.24) is 10.3 Å². The third-order valence-corrected chi connectivity index (χ3v) is 4.44. The molecule has 1 aliphatic rings. The van der Waals surface area contributed by atoms with Crippen LogP contribution in [-0.2, 0) is 4.79 Å². The highest BCUT2D eigenvalue weighted by molar-refractivity contribution is 5.89. The Morgan fingerprint density at radius 1 is 0.889 bits per heavy atom. The largest absolute Gasteiger partial charge is 0.340 e. The second kappa shape index (κ2) is 9.02. The number of urea groups is 1. The molecule has 0 aliphatic heterocycles. The van der Waals surface area contributed by atoms with Gasteiger partial charge in [0.05, 0.1) is 11.9 Å². The van der Waals surface area contributed by atoms with E-state index in [9.17, 15) is 9.59 Å². The number of amides is 3. The van der Waals surface area contributed by atoms with Crippen LogP contribution < -0.4 is 21.3 Å². The quantitative estimate of drug-likeness (QED) is 0.636. The summed E-state index contributed by atoms with van der Waals surface area (Å²) < 4.78 is 0. The first kappa shape index (κ1) is 18.7. The fraction of sp³-hybridized carbons (Fsp3) is 0.350. The normalized spacial score (nSPS) is 14.3. The topological polar surface area (TPSA) is 95.2 Å². The molecule has 0 spiro atoms. The number of hydrogen-bond donors (Lipinski definition) is 4. The summed E-state index contributed by atoms with van der Waals surface area (Å²) >= 11 is 0. The summed E-state index contributed by atoms with van der Waals surface area (Å²) in [5.74, 6) is 0.563. The molecular weight excluding hydrogens is 342 g/mol. The van der Waals surface area contributed by atoms with E-state index in [0.29, 0.717) is 11.5 Å². The fourth-order valence-electron chi connectivity index (χ4n) is 3.13. The van der Waals surface area contributed by atoms with E-state index in [1.54, 1.807) is 12.3 Å². The number of hydrogen-bond acceptors (Lipinski definition) is 4. The number of nitrogens with zero attached hydrogens (tertiary/aromatic N) is 1. The maximum atomic E-state index is 12.1. The zero-order valence-corrected chi connectivity index (χ0v) is 15.4. The van der Waals surface area contributed by atoms with Crippen LogP contribution in [0.2, 0.25) is 0 Å². The molecule has 1 aromatic heterocycles. The molecule has 27 heavy (non-hydrogen) atoms. The standard InChI is InChI=1S/C20H25N5O2/c1-14(26)22-16-7-9-17(10-8-16)23-19-12-11-18(13-21-19)25-20(27)24-15-5-3-2-4-6-15/h7-13,15H,2-6H2,1H3,(H,21,23)(H,22,26)(H2,24,25,27). The average molecular weight is 367 g/mol. The van der Waals surface area contributed by atoms with Gasteiger partial charge in [-0.3, -0.25) is 4.79 Å². The zero-order valence-electron chi connectivity index (χ0n) is 15.4. The lowest BCUT2D eigenvalue weighted by atomic mass is 9.96. The molecule has 3 amide bonds. The Kier molecular flexibility index (Phi) is 6.25. The molecule has 1 saturated carbocycles. The minimum Gasteiger partial charge on any atom is -0.340 e. The maximum Gasteiger partial charge on any atom is 0.319 e. The second-order valence-corrected chi connectivity index (χ2v) is 6.75. The Balaban J connectivity index is 1.50. The number of carbonyl (C=O) groups is 2. The number of anilines is 4. The first-order valence-electron chi connectivity index (χ1n) is 9.27. The number of pyridine rings is 1. The van der Waals surface area contributed by atoms with Crippen molar-refractivity contribution in [1.29, 1.82) is 0 Å². The third kappa shape index (κ3) is 5.99. The minimum absolute atomic E-state index is 0.104. The molecule has 0 atom stereocenters. The van der Waals surface area contributed by atoms with Crippen LogP contribution in [0.3, 0.4) is 0 Å². The summed E-state index contributed by atoms with van der Waals surface area (Å²) in [6.45, 7) is 1.47. The highest BCUT2D eigenvalue weighted by Gasteiger charge is 2.15. The van der Waals surface area contributed by atoms with Crippen molar-refractivity contribution in [3.8, 4) is 0 Å². The highest BCUT2D eigenvalue weighted by Crippen LogP contribution is 2.19. The predicted molar refractivity (Wildman–Crippen MR) is 107 cm³/mol. The molecule has 0 radical (unpaired) electrons. The van der Waals surface area contributed by atoms with Crippen molar-refractivity contribution in [3.05, 3.63) is 42.6 Å². The van der Waals surface area contributed by atoms with Gasteiger partial charge in [-0.15, -0.1) is 0 Å². The van der Waals surface area contributed by atoms with E-state index in [2.05, 4.69) is 26.3 Å². The van der Waals surface area contributed by atoms with Crippen LogP contribution in [-0.4, -0.2) is 23.0 Å². The van der Waals surface area contributed by atoms with Crippen LogP contribution in [0, 0.1) is 0 Å². The van der Waals surface area contributed by atoms with Crippen LogP contribution in [0.1, 0.15) is 39.0 Å². The van der Waals surface area contributed by atoms with Gasteiger partial charge in [0, 0.05) is 24.3 Å². The van der Waals surface area contributed by atoms with Crippen molar-refractivity contribution < 1.29 is 9.59 Å². The van der Waals surface area contributed by atoms with Gasteiger partial charge in [-0.05, 0) is 49.2 Å². The lowest BCUT2D eigenvalue weighted by molar-refractivity contribution is -0.114. The molecule has 142 valence electrons. The number of rotatable bonds is 5. The highest BCUT2D eigenvalue weighted by atomic mass is 16.2. The van der Waals surface area contributed by atoms with Gasteiger partial charge in [0.25, 0.3) is 0 Å². The van der Waals surface area contributed by atoms with E-state index in [4.69, 9.17) is 0 Å². The van der Waals surface area contributed by atoms with E-state index < -0.39 is 0 Å². The molecular formula is C20H25N5O2. The number of carbonyl (C=O) groups excluding carboxylic acids is 2. The van der Waals surface area contributed by atoms with Gasteiger partial charge in [-0.25, -0.2) is 9.78 Å². The smallest absolute Gasteiger partial charge is 0.319 e. The molecule has 7 heteroatoms. The van der Waals surface area contributed by atoms with E-state index in [1.807, 2.05) is 30.3 Å². The Hall–Kier alpha value is -3.09. The van der Waals surface area contributed by atoms with Crippen molar-refractivity contribution in [2.24, 2.45) is 0 Å². The summed E-state index contributed by atoms with van der Waals surface area (Å²) in [6.07, 6.45) is 7.34. The van der Waals surface area contributed by atoms with E-state index in [1.165, 1.54) is 26.2 Å². The molecule has 0 bridgehead atoms. The number of aromatic nitrogens is 1. The van der Waals surface area contributed by atoms with E-state index in [-0.39, 0.29) is 18.0 Å². The SMILES string of the molecule is CC(=O)Nc1ccc(Nc2ccc(NC(=O)NC3CCCCC3)cn2)cc1. The molecule has 1 aliphatic carbocycles. The van der Waals surface area contributed by atoms with Crippen molar-refractivity contribution >= 4 is 34.8 Å². The molecule has 2 aromatic rings. The third-order valence-electron chi connectivity index (χ3n) is 4.44. The monoisotopic (exact) mass is 367 g/mol. The minimum atomic E-state index is -0.182. The van der Waals surface area contributed by atoms with Crippen LogP contribution >= 0.6 is 0 Å². The van der Waals surface area contributed by atoms with Crippen molar-refractivity contribution in [2.45, 2.75) is 45.1 Å². The van der Waals surface area contributed by atoms with E-state index >= 15 is 0 Å². The van der Waals surface area contributed by atoms with Gasteiger partial charge < -0.3 is 21.3 Å². The fourth-order valence-corrected chi connectivity index (χ4v) is 3.13. The van der Waals surface area contributed by atoms with Gasteiger partial charge in [-0.2, -0.15) is 0 Å². The summed E-state index contributed by atoms with van der Waals surface area (Å²) in [5.41, 5.74) is 2.24. The molecule has 7 nitrogen and oxygen atoms in total. The molecule has 3 rings (SSSR count). The molecule has 1 fully saturated rings. The summed E-state index contributed by atoms with van der Waals surface area (Å²) in [6, 6.07) is 11.0. The van der Waals surface area contributed by atoms with Gasteiger partial charge in [0.15, 0.2) is 0 Å². The molecule has 0 saturated heterocycles. The van der Waals surface area contributed by atoms with Gasteiger partial charge in [0.2, 0.25) is 5.91 Å². The predicted octanol–water partition coefficient (Wildman–Crippen LogP) is 4.24. The summed E-state index contributed by atoms with van der Waals surface area (Å²) in [4.78, 5) is 27.4. The Bertz CT molecular complexity index is 768. The first-order valence-corrected chi connectivity index (χ1v) is 9.27. The lowest BCUT2D eigenvalue weighted by Crippen LogP contribution is -2.39. The van der Waals surface area contributed by atoms with E-state index in [0.717, 1.165) is 24.2 Å². The van der Waals surface area contributed by atoms with Crippen LogP contribution in [0.25, 0.3) is 0 Å². The molecule has 4 N–H and O–H groups in total. The van der Waals surface area contributed by atoms with Gasteiger partial charge in [-0.1, -0.05) is 19.3 Å². The Labute approximate surface area is 159 Å². The maximum absolute atomic E-state index is 12.1. The second-order valence-electron chi connectivity index (χ2n) is 6.75. The lowest BCUT2D eigenvalue weighted by Gasteiger charge is -2.22. The number of nitrogens with one attached hydrogen (secondary N) is 4. The van der Waals surface area contributed by atoms with Crippen LogP contribution in [0.5, 0.6) is 0 Å². The Morgan fingerprint density at radius 3 is 2.19 bits per heavy atom. The zero-order chi connectivity index (χ0) is 19.1. The first-order chi connectivity index (χ1) is 13.1. The molecule has 1 aromatic carbocycles. The van der Waals surface area contributed by atoms with Crippen molar-refractivity contribution in [2.75, 3.05) is 16.0 Å². The van der Waals surface area contributed by atoms with Crippen LogP contribution in [0.15, 0.2) is 42.6 Å². The number of benzene rings is 1. The van der Waals surface area contributed by atoms with Crippen molar-refractivity contribution in [3.63, 3.8) is 0 Å². The van der Waals surface area contributed by atoms with Gasteiger partial charge >= 0.3 is 6.03 Å². The van der Waals surface area contributed by atoms with Crippen LogP contribution in [0.4, 0.5) is 27.7 Å². The molecule has 1 heterocycles.